The number of hydrogen-bond donors (Lipinski definition) is 2. The highest BCUT2D eigenvalue weighted by Crippen LogP contribution is 2.33. The summed E-state index contributed by atoms with van der Waals surface area (Å²) in [4.78, 5) is 26.6. The molecular formula is C27H36N8O. The Morgan fingerprint density at radius 2 is 1.92 bits per heavy atom. The summed E-state index contributed by atoms with van der Waals surface area (Å²) >= 11 is 0. The Balaban J connectivity index is 1.30. The van der Waals surface area contributed by atoms with Gasteiger partial charge in [-0.15, -0.1) is 0 Å². The van der Waals surface area contributed by atoms with Crippen LogP contribution >= 0.6 is 0 Å². The SMILES string of the molecule is CC(C)c1cnn2c(NCc3ccccc3N3CCCC3=O)nc(N3CCC4(CCCN4)CC3)nc12. The molecular weight excluding hydrogens is 452 g/mol. The van der Waals surface area contributed by atoms with E-state index in [1.807, 2.05) is 33.8 Å². The molecule has 2 N–H and O–H groups in total. The number of rotatable bonds is 6. The predicted molar refractivity (Wildman–Crippen MR) is 142 cm³/mol. The quantitative estimate of drug-likeness (QED) is 0.547. The van der Waals surface area contributed by atoms with Crippen molar-refractivity contribution in [2.75, 3.05) is 41.3 Å². The Kier molecular flexibility index (Phi) is 6.03. The van der Waals surface area contributed by atoms with Gasteiger partial charge in [-0.1, -0.05) is 32.0 Å². The molecule has 2 aromatic heterocycles. The van der Waals surface area contributed by atoms with Crippen LogP contribution in [0.5, 0.6) is 0 Å². The van der Waals surface area contributed by atoms with E-state index < -0.39 is 0 Å². The Bertz CT molecular complexity index is 1250. The Morgan fingerprint density at radius 3 is 2.64 bits per heavy atom. The molecule has 3 aromatic rings. The minimum Gasteiger partial charge on any atom is -0.350 e. The van der Waals surface area contributed by atoms with Gasteiger partial charge >= 0.3 is 0 Å². The maximum atomic E-state index is 12.4. The summed E-state index contributed by atoms with van der Waals surface area (Å²) in [6.07, 6.45) is 8.23. The zero-order valence-electron chi connectivity index (χ0n) is 21.3. The van der Waals surface area contributed by atoms with Gasteiger partial charge in [-0.25, -0.2) is 0 Å². The summed E-state index contributed by atoms with van der Waals surface area (Å²) in [6, 6.07) is 8.13. The number of amides is 1. The van der Waals surface area contributed by atoms with Crippen LogP contribution in [0.2, 0.25) is 0 Å². The number of carbonyl (C=O) groups is 1. The van der Waals surface area contributed by atoms with E-state index in [-0.39, 0.29) is 5.91 Å². The molecule has 5 heterocycles. The molecule has 9 nitrogen and oxygen atoms in total. The van der Waals surface area contributed by atoms with E-state index in [0.717, 1.165) is 73.9 Å². The third-order valence-electron chi connectivity index (χ3n) is 8.13. The van der Waals surface area contributed by atoms with Gasteiger partial charge in [-0.2, -0.15) is 19.6 Å². The topological polar surface area (TPSA) is 90.7 Å². The molecule has 0 aliphatic carbocycles. The summed E-state index contributed by atoms with van der Waals surface area (Å²) in [5.41, 5.74) is 4.34. The first-order chi connectivity index (χ1) is 17.5. The molecule has 36 heavy (non-hydrogen) atoms. The second kappa shape index (κ2) is 9.35. The molecule has 3 fully saturated rings. The van der Waals surface area contributed by atoms with E-state index in [1.165, 1.54) is 12.8 Å². The first-order valence-electron chi connectivity index (χ1n) is 13.4. The van der Waals surface area contributed by atoms with Crippen molar-refractivity contribution < 1.29 is 4.79 Å². The van der Waals surface area contributed by atoms with Gasteiger partial charge in [0.05, 0.1) is 6.20 Å². The summed E-state index contributed by atoms with van der Waals surface area (Å²) in [7, 11) is 0. The number of anilines is 3. The average Bonchev–Trinajstić information content (AvgIpc) is 3.63. The van der Waals surface area contributed by atoms with Crippen LogP contribution in [0.25, 0.3) is 5.65 Å². The van der Waals surface area contributed by atoms with E-state index >= 15 is 0 Å². The van der Waals surface area contributed by atoms with Crippen molar-refractivity contribution in [3.05, 3.63) is 41.6 Å². The lowest BCUT2D eigenvalue weighted by Gasteiger charge is -2.39. The van der Waals surface area contributed by atoms with E-state index in [0.29, 0.717) is 30.4 Å². The van der Waals surface area contributed by atoms with E-state index in [1.54, 1.807) is 0 Å². The highest BCUT2D eigenvalue weighted by molar-refractivity contribution is 5.96. The fraction of sp³-hybridized carbons (Fsp3) is 0.556. The molecule has 1 spiro atoms. The van der Waals surface area contributed by atoms with Crippen molar-refractivity contribution in [3.8, 4) is 0 Å². The van der Waals surface area contributed by atoms with Gasteiger partial charge < -0.3 is 20.4 Å². The Morgan fingerprint density at radius 1 is 1.08 bits per heavy atom. The number of hydrogen-bond acceptors (Lipinski definition) is 7. The maximum absolute atomic E-state index is 12.4. The number of nitrogens with one attached hydrogen (secondary N) is 2. The number of nitrogens with zero attached hydrogens (tertiary/aromatic N) is 6. The molecule has 9 heteroatoms. The van der Waals surface area contributed by atoms with Crippen LogP contribution in [0.4, 0.5) is 17.6 Å². The van der Waals surface area contributed by atoms with Crippen LogP contribution in [-0.4, -0.2) is 57.2 Å². The molecule has 3 aliphatic rings. The molecule has 6 rings (SSSR count). The standard InChI is InChI=1S/C27H36N8O/c1-19(2)21-18-30-35-24(21)31-26(33-15-11-27(12-16-33)10-6-13-29-27)32-25(35)28-17-20-7-3-4-8-22(20)34-14-5-9-23(34)36/h3-4,7-8,18-19,29H,5-6,9-17H2,1-2H3,(H,28,31,32). The van der Waals surface area contributed by atoms with Crippen molar-refractivity contribution >= 4 is 29.1 Å². The zero-order valence-corrected chi connectivity index (χ0v) is 21.3. The van der Waals surface area contributed by atoms with Crippen LogP contribution in [-0.2, 0) is 11.3 Å². The summed E-state index contributed by atoms with van der Waals surface area (Å²) in [5.74, 6) is 1.96. The second-order valence-electron chi connectivity index (χ2n) is 10.8. The van der Waals surface area contributed by atoms with E-state index in [4.69, 9.17) is 9.97 Å². The molecule has 1 aromatic carbocycles. The number of benzene rings is 1. The molecule has 0 radical (unpaired) electrons. The molecule has 3 saturated heterocycles. The maximum Gasteiger partial charge on any atom is 0.230 e. The van der Waals surface area contributed by atoms with Gasteiger partial charge in [0.15, 0.2) is 5.65 Å². The van der Waals surface area contributed by atoms with Crippen LogP contribution in [0, 0.1) is 0 Å². The molecule has 0 saturated carbocycles. The fourth-order valence-corrected chi connectivity index (χ4v) is 5.98. The van der Waals surface area contributed by atoms with Gasteiger partial charge in [0, 0.05) is 49.4 Å². The minimum absolute atomic E-state index is 0.197. The fourth-order valence-electron chi connectivity index (χ4n) is 5.98. The van der Waals surface area contributed by atoms with Crippen LogP contribution in [0.15, 0.2) is 30.5 Å². The lowest BCUT2D eigenvalue weighted by molar-refractivity contribution is -0.117. The third-order valence-corrected chi connectivity index (χ3v) is 8.13. The molecule has 3 aliphatic heterocycles. The number of carbonyl (C=O) groups excluding carboxylic acids is 1. The van der Waals surface area contributed by atoms with E-state index in [2.05, 4.69) is 40.5 Å². The lowest BCUT2D eigenvalue weighted by atomic mass is 9.86. The molecule has 0 atom stereocenters. The van der Waals surface area contributed by atoms with Gasteiger partial charge in [-0.3, -0.25) is 4.79 Å². The van der Waals surface area contributed by atoms with Crippen LogP contribution in [0.1, 0.15) is 69.4 Å². The van der Waals surface area contributed by atoms with E-state index in [9.17, 15) is 4.79 Å². The first kappa shape index (κ1) is 23.2. The normalized spacial score (nSPS) is 19.8. The van der Waals surface area contributed by atoms with Gasteiger partial charge in [0.2, 0.25) is 17.8 Å². The highest BCUT2D eigenvalue weighted by Gasteiger charge is 2.37. The van der Waals surface area contributed by atoms with Crippen molar-refractivity contribution in [2.45, 2.75) is 70.4 Å². The van der Waals surface area contributed by atoms with Gasteiger partial charge in [0.25, 0.3) is 0 Å². The second-order valence-corrected chi connectivity index (χ2v) is 10.8. The summed E-state index contributed by atoms with van der Waals surface area (Å²) < 4.78 is 1.83. The highest BCUT2D eigenvalue weighted by atomic mass is 16.2. The largest absolute Gasteiger partial charge is 0.350 e. The van der Waals surface area contributed by atoms with Gasteiger partial charge in [-0.05, 0) is 56.2 Å². The van der Waals surface area contributed by atoms with Crippen LogP contribution in [0.3, 0.4) is 0 Å². The van der Waals surface area contributed by atoms with Crippen LogP contribution < -0.4 is 20.4 Å². The summed E-state index contributed by atoms with van der Waals surface area (Å²) in [5, 5.41) is 11.9. The smallest absolute Gasteiger partial charge is 0.230 e. The third kappa shape index (κ3) is 4.19. The lowest BCUT2D eigenvalue weighted by Crippen LogP contribution is -2.50. The van der Waals surface area contributed by atoms with Gasteiger partial charge in [0.1, 0.15) is 0 Å². The zero-order chi connectivity index (χ0) is 24.7. The van der Waals surface area contributed by atoms with Crippen molar-refractivity contribution in [2.24, 2.45) is 0 Å². The number of para-hydroxylation sites is 1. The monoisotopic (exact) mass is 488 g/mol. The predicted octanol–water partition coefficient (Wildman–Crippen LogP) is 3.71. The summed E-state index contributed by atoms with van der Waals surface area (Å²) in [6.45, 7) is 8.71. The molecule has 190 valence electrons. The Labute approximate surface area is 212 Å². The molecule has 1 amide bonds. The van der Waals surface area contributed by atoms with Crippen molar-refractivity contribution in [1.29, 1.82) is 0 Å². The number of piperidine rings is 1. The average molecular weight is 489 g/mol. The van der Waals surface area contributed by atoms with Crippen molar-refractivity contribution in [3.63, 3.8) is 0 Å². The Hall–Kier alpha value is -3.20. The number of aromatic nitrogens is 4. The minimum atomic E-state index is 0.197. The first-order valence-corrected chi connectivity index (χ1v) is 13.4. The number of fused-ring (bicyclic) bond motifs is 1. The molecule has 0 bridgehead atoms. The molecule has 0 unspecified atom stereocenters. The van der Waals surface area contributed by atoms with Crippen molar-refractivity contribution in [1.82, 2.24) is 24.9 Å².